The van der Waals surface area contributed by atoms with Gasteiger partial charge in [-0.05, 0) is 20.8 Å². The average Bonchev–Trinajstić information content (AvgIpc) is 2.18. The minimum absolute atomic E-state index is 0.0349. The topological polar surface area (TPSA) is 64.4 Å². The third-order valence-electron chi connectivity index (χ3n) is 1.95. The highest BCUT2D eigenvalue weighted by Crippen LogP contribution is 2.21. The van der Waals surface area contributed by atoms with Crippen molar-refractivity contribution < 1.29 is 18.5 Å². The summed E-state index contributed by atoms with van der Waals surface area (Å²) in [7, 11) is 0. The minimum atomic E-state index is -1.20. The van der Waals surface area contributed by atoms with E-state index in [1.165, 1.54) is 0 Å². The van der Waals surface area contributed by atoms with Gasteiger partial charge in [-0.15, -0.1) is 0 Å². The van der Waals surface area contributed by atoms with E-state index in [0.717, 1.165) is 6.07 Å². The molecule has 5 nitrogen and oxygen atoms in total. The molecule has 100 valence electrons. The van der Waals surface area contributed by atoms with Crippen molar-refractivity contribution in [1.29, 1.82) is 0 Å². The Hall–Kier alpha value is -1.60. The first-order chi connectivity index (χ1) is 8.20. The van der Waals surface area contributed by atoms with Crippen molar-refractivity contribution in [3.63, 3.8) is 0 Å². The molecule has 0 saturated heterocycles. The lowest BCUT2D eigenvalue weighted by atomic mass is 10.2. The fourth-order valence-electron chi connectivity index (χ4n) is 1.19. The van der Waals surface area contributed by atoms with Crippen molar-refractivity contribution >= 4 is 5.69 Å². The number of nitro benzene ring substituents is 1. The van der Waals surface area contributed by atoms with E-state index in [1.54, 1.807) is 20.8 Å². The van der Waals surface area contributed by atoms with E-state index < -0.39 is 27.8 Å². The standard InChI is InChI=1S/C11H14F2N2O3/c1-11(2,3)18-14-6-7-4-10(15(16)17)9(13)5-8(7)12/h4-5,14H,6H2,1-3H3. The zero-order valence-corrected chi connectivity index (χ0v) is 10.3. The maximum Gasteiger partial charge on any atom is 0.305 e. The molecule has 0 atom stereocenters. The minimum Gasteiger partial charge on any atom is -0.296 e. The van der Waals surface area contributed by atoms with E-state index in [2.05, 4.69) is 5.48 Å². The van der Waals surface area contributed by atoms with E-state index in [4.69, 9.17) is 4.84 Å². The SMILES string of the molecule is CC(C)(C)ONCc1cc([N+](=O)[O-])c(F)cc1F. The van der Waals surface area contributed by atoms with Crippen molar-refractivity contribution in [3.8, 4) is 0 Å². The molecular formula is C11H14F2N2O3. The maximum atomic E-state index is 13.4. The van der Waals surface area contributed by atoms with Gasteiger partial charge in [-0.3, -0.25) is 15.0 Å². The monoisotopic (exact) mass is 260 g/mol. The van der Waals surface area contributed by atoms with Crippen LogP contribution >= 0.6 is 0 Å². The second-order valence-corrected chi connectivity index (χ2v) is 4.69. The lowest BCUT2D eigenvalue weighted by molar-refractivity contribution is -0.387. The Kier molecular flexibility index (Phi) is 4.31. The number of nitrogens with zero attached hydrogens (tertiary/aromatic N) is 1. The summed E-state index contributed by atoms with van der Waals surface area (Å²) in [6.45, 7) is 5.25. The van der Waals surface area contributed by atoms with E-state index >= 15 is 0 Å². The van der Waals surface area contributed by atoms with Crippen LogP contribution in [0.25, 0.3) is 0 Å². The number of hydrogen-bond acceptors (Lipinski definition) is 4. The normalized spacial score (nSPS) is 11.6. The van der Waals surface area contributed by atoms with Crippen LogP contribution in [0, 0.1) is 21.7 Å². The van der Waals surface area contributed by atoms with Gasteiger partial charge in [0.25, 0.3) is 0 Å². The number of hydrogen-bond donors (Lipinski definition) is 1. The number of hydroxylamine groups is 1. The van der Waals surface area contributed by atoms with Gasteiger partial charge in [0.05, 0.1) is 10.5 Å². The maximum absolute atomic E-state index is 13.4. The van der Waals surface area contributed by atoms with Gasteiger partial charge < -0.3 is 0 Å². The summed E-state index contributed by atoms with van der Waals surface area (Å²) in [6.07, 6.45) is 0. The number of nitro groups is 1. The van der Waals surface area contributed by atoms with E-state index in [1.807, 2.05) is 0 Å². The van der Waals surface area contributed by atoms with Crippen molar-refractivity contribution in [2.75, 3.05) is 0 Å². The molecular weight excluding hydrogens is 246 g/mol. The third kappa shape index (κ3) is 4.01. The van der Waals surface area contributed by atoms with Crippen LogP contribution in [-0.4, -0.2) is 10.5 Å². The quantitative estimate of drug-likeness (QED) is 0.667. The molecule has 0 amide bonds. The highest BCUT2D eigenvalue weighted by Gasteiger charge is 2.19. The molecule has 18 heavy (non-hydrogen) atoms. The first kappa shape index (κ1) is 14.5. The molecule has 1 N–H and O–H groups in total. The smallest absolute Gasteiger partial charge is 0.296 e. The van der Waals surface area contributed by atoms with Crippen LogP contribution in [0.1, 0.15) is 26.3 Å². The number of nitrogens with one attached hydrogen (secondary N) is 1. The largest absolute Gasteiger partial charge is 0.305 e. The molecule has 0 fully saturated rings. The van der Waals surface area contributed by atoms with Gasteiger partial charge in [-0.25, -0.2) is 4.39 Å². The fraction of sp³-hybridized carbons (Fsp3) is 0.455. The number of rotatable bonds is 4. The lowest BCUT2D eigenvalue weighted by Gasteiger charge is -2.19. The molecule has 1 rings (SSSR count). The second kappa shape index (κ2) is 5.36. The Morgan fingerprint density at radius 1 is 1.33 bits per heavy atom. The Morgan fingerprint density at radius 3 is 2.44 bits per heavy atom. The van der Waals surface area contributed by atoms with Gasteiger partial charge in [-0.2, -0.15) is 9.87 Å². The zero-order valence-electron chi connectivity index (χ0n) is 10.3. The van der Waals surface area contributed by atoms with Crippen LogP contribution in [-0.2, 0) is 11.4 Å². The van der Waals surface area contributed by atoms with E-state index in [0.29, 0.717) is 6.07 Å². The highest BCUT2D eigenvalue weighted by molar-refractivity contribution is 5.37. The first-order valence-corrected chi connectivity index (χ1v) is 5.24. The number of halogens is 2. The zero-order chi connectivity index (χ0) is 13.9. The summed E-state index contributed by atoms with van der Waals surface area (Å²) in [5, 5.41) is 10.5. The summed E-state index contributed by atoms with van der Waals surface area (Å²) in [6, 6.07) is 1.34. The molecule has 0 aliphatic heterocycles. The van der Waals surface area contributed by atoms with Crippen molar-refractivity contribution in [1.82, 2.24) is 5.48 Å². The Morgan fingerprint density at radius 2 is 1.94 bits per heavy atom. The molecule has 1 aromatic rings. The van der Waals surface area contributed by atoms with Gasteiger partial charge in [0.2, 0.25) is 5.82 Å². The predicted octanol–water partition coefficient (Wildman–Crippen LogP) is 2.69. The molecule has 7 heteroatoms. The van der Waals surface area contributed by atoms with Gasteiger partial charge in [0.1, 0.15) is 5.82 Å². The van der Waals surface area contributed by atoms with Crippen LogP contribution in [0.4, 0.5) is 14.5 Å². The van der Waals surface area contributed by atoms with Crippen molar-refractivity contribution in [2.45, 2.75) is 32.9 Å². The average molecular weight is 260 g/mol. The summed E-state index contributed by atoms with van der Waals surface area (Å²) in [4.78, 5) is 14.7. The van der Waals surface area contributed by atoms with E-state index in [9.17, 15) is 18.9 Å². The molecule has 0 aliphatic rings. The predicted molar refractivity (Wildman–Crippen MR) is 60.7 cm³/mol. The summed E-state index contributed by atoms with van der Waals surface area (Å²) >= 11 is 0. The lowest BCUT2D eigenvalue weighted by Crippen LogP contribution is -2.29. The fourth-order valence-corrected chi connectivity index (χ4v) is 1.19. The molecule has 0 bridgehead atoms. The second-order valence-electron chi connectivity index (χ2n) is 4.69. The van der Waals surface area contributed by atoms with Gasteiger partial charge in [-0.1, -0.05) is 0 Å². The molecule has 1 aromatic carbocycles. The van der Waals surface area contributed by atoms with Crippen LogP contribution < -0.4 is 5.48 Å². The van der Waals surface area contributed by atoms with Gasteiger partial charge >= 0.3 is 5.69 Å². The third-order valence-corrected chi connectivity index (χ3v) is 1.95. The highest BCUT2D eigenvalue weighted by atomic mass is 19.1. The van der Waals surface area contributed by atoms with E-state index in [-0.39, 0.29) is 12.1 Å². The molecule has 0 aromatic heterocycles. The molecule has 0 saturated carbocycles. The van der Waals surface area contributed by atoms with Gasteiger partial charge in [0.15, 0.2) is 0 Å². The van der Waals surface area contributed by atoms with Crippen LogP contribution in [0.15, 0.2) is 12.1 Å². The molecule has 0 unspecified atom stereocenters. The Bertz CT molecular complexity index is 458. The number of benzene rings is 1. The molecule has 0 aliphatic carbocycles. The van der Waals surface area contributed by atoms with Crippen molar-refractivity contribution in [2.24, 2.45) is 0 Å². The molecule has 0 heterocycles. The summed E-state index contributed by atoms with van der Waals surface area (Å²) < 4.78 is 26.4. The molecule has 0 spiro atoms. The first-order valence-electron chi connectivity index (χ1n) is 5.24. The Balaban J connectivity index is 2.83. The van der Waals surface area contributed by atoms with Crippen molar-refractivity contribution in [3.05, 3.63) is 39.4 Å². The van der Waals surface area contributed by atoms with Crippen LogP contribution in [0.2, 0.25) is 0 Å². The summed E-state index contributed by atoms with van der Waals surface area (Å²) in [5.41, 5.74) is 1.20. The Labute approximate surface area is 103 Å². The molecule has 0 radical (unpaired) electrons. The van der Waals surface area contributed by atoms with Crippen LogP contribution in [0.5, 0.6) is 0 Å². The summed E-state index contributed by atoms with van der Waals surface area (Å²) in [5.74, 6) is -2.05. The van der Waals surface area contributed by atoms with Gasteiger partial charge in [0, 0.05) is 24.2 Å². The van der Waals surface area contributed by atoms with Crippen LogP contribution in [0.3, 0.4) is 0 Å².